The number of rotatable bonds is 70. The molecule has 92 heavy (non-hydrogen) atoms. The Morgan fingerprint density at radius 1 is 0.348 bits per heavy atom. The van der Waals surface area contributed by atoms with Crippen LogP contribution in [-0.2, 0) is 32.7 Å². The number of hydrogen-bond acceptors (Lipinski definition) is 8. The van der Waals surface area contributed by atoms with Gasteiger partial charge < -0.3 is 27.9 Å². The maximum atomic E-state index is 12.9. The van der Waals surface area contributed by atoms with E-state index >= 15 is 0 Å². The zero-order valence-corrected chi connectivity index (χ0v) is 61.4. The third-order valence-corrected chi connectivity index (χ3v) is 17.5. The molecule has 0 N–H and O–H groups in total. The highest BCUT2D eigenvalue weighted by Crippen LogP contribution is 2.38. The van der Waals surface area contributed by atoms with Crippen molar-refractivity contribution in [2.75, 3.05) is 47.5 Å². The van der Waals surface area contributed by atoms with Gasteiger partial charge in [-0.15, -0.1) is 0 Å². The number of unbranched alkanes of at least 4 members (excludes halogenated alkanes) is 36. The van der Waals surface area contributed by atoms with Crippen LogP contribution in [0.2, 0.25) is 0 Å². The van der Waals surface area contributed by atoms with Gasteiger partial charge in [0.2, 0.25) is 0 Å². The van der Waals surface area contributed by atoms with Crippen LogP contribution in [0.1, 0.15) is 335 Å². The Kier molecular flexibility index (Phi) is 68.9. The van der Waals surface area contributed by atoms with E-state index in [0.29, 0.717) is 17.4 Å². The summed E-state index contributed by atoms with van der Waals surface area (Å²) in [5.74, 6) is -0.857. The lowest BCUT2D eigenvalue weighted by Gasteiger charge is -2.28. The average Bonchev–Trinajstić information content (AvgIpc) is 2.14. The minimum Gasteiger partial charge on any atom is -0.756 e. The van der Waals surface area contributed by atoms with Gasteiger partial charge in [0, 0.05) is 12.8 Å². The van der Waals surface area contributed by atoms with Crippen LogP contribution in [-0.4, -0.2) is 70.0 Å². The number of carbonyl (C=O) groups excluding carboxylic acids is 2. The highest BCUT2D eigenvalue weighted by molar-refractivity contribution is 7.45. The second-order valence-corrected chi connectivity index (χ2v) is 28.1. The number of ether oxygens (including phenoxy) is 2. The molecule has 0 aromatic heterocycles. The predicted octanol–water partition coefficient (Wildman–Crippen LogP) is 24.8. The van der Waals surface area contributed by atoms with Crippen LogP contribution < -0.4 is 4.89 Å². The van der Waals surface area contributed by atoms with E-state index in [2.05, 4.69) is 135 Å². The molecule has 0 fully saturated rings. The van der Waals surface area contributed by atoms with E-state index in [9.17, 15) is 19.0 Å². The summed E-state index contributed by atoms with van der Waals surface area (Å²) >= 11 is 0. The SMILES string of the molecule is CC/C=C\C/C=C\C/C=C\C/C=C\C/C=C\C/C=C\C/C=C\C/C=C\C/C=C\C/C=C\CCCCCCC(=O)OC(COC(=O)CCCCCCCCCCCCCCCCCCCCCCCCCCCCCCCCCCC)COP(=O)([O-])OCC[N+](C)(C)C. The molecule has 0 saturated heterocycles. The maximum Gasteiger partial charge on any atom is 0.306 e. The number of likely N-dealkylation sites (N-methyl/N-ethyl adjacent to an activating group) is 1. The van der Waals surface area contributed by atoms with E-state index in [0.717, 1.165) is 109 Å². The van der Waals surface area contributed by atoms with Crippen molar-refractivity contribution in [3.05, 3.63) is 122 Å². The molecule has 0 aromatic carbocycles. The van der Waals surface area contributed by atoms with Crippen LogP contribution in [0, 0.1) is 0 Å². The van der Waals surface area contributed by atoms with Crippen molar-refractivity contribution in [1.82, 2.24) is 0 Å². The van der Waals surface area contributed by atoms with Gasteiger partial charge in [0.15, 0.2) is 6.10 Å². The normalized spacial score (nSPS) is 13.8. The molecule has 0 aliphatic rings. The van der Waals surface area contributed by atoms with Crippen molar-refractivity contribution in [2.45, 2.75) is 341 Å². The van der Waals surface area contributed by atoms with Crippen molar-refractivity contribution in [2.24, 2.45) is 0 Å². The van der Waals surface area contributed by atoms with Crippen LogP contribution in [0.15, 0.2) is 122 Å². The molecule has 0 radical (unpaired) electrons. The summed E-state index contributed by atoms with van der Waals surface area (Å²) in [5.41, 5.74) is 0. The lowest BCUT2D eigenvalue weighted by molar-refractivity contribution is -0.870. The smallest absolute Gasteiger partial charge is 0.306 e. The first-order valence-corrected chi connectivity index (χ1v) is 39.7. The van der Waals surface area contributed by atoms with Gasteiger partial charge in [-0.1, -0.05) is 354 Å². The summed E-state index contributed by atoms with van der Waals surface area (Å²) in [7, 11) is 1.14. The number of allylic oxidation sites excluding steroid dienone is 20. The first kappa shape index (κ1) is 88.4. The molecule has 0 spiro atoms. The molecule has 0 aromatic rings. The summed E-state index contributed by atoms with van der Waals surface area (Å²) in [4.78, 5) is 38.1. The van der Waals surface area contributed by atoms with Gasteiger partial charge in [-0.3, -0.25) is 14.2 Å². The molecule has 9 nitrogen and oxygen atoms in total. The molecule has 0 amide bonds. The third kappa shape index (κ3) is 75.4. The van der Waals surface area contributed by atoms with E-state index in [-0.39, 0.29) is 32.0 Å². The average molecular weight is 1300 g/mol. The van der Waals surface area contributed by atoms with Gasteiger partial charge in [-0.05, 0) is 89.9 Å². The van der Waals surface area contributed by atoms with Gasteiger partial charge in [0.25, 0.3) is 7.82 Å². The Bertz CT molecular complexity index is 1970. The first-order chi connectivity index (χ1) is 45.0. The van der Waals surface area contributed by atoms with Crippen molar-refractivity contribution in [3.63, 3.8) is 0 Å². The molecule has 0 rings (SSSR count). The van der Waals surface area contributed by atoms with Gasteiger partial charge >= 0.3 is 11.9 Å². The van der Waals surface area contributed by atoms with Crippen LogP contribution >= 0.6 is 7.82 Å². The van der Waals surface area contributed by atoms with Crippen molar-refractivity contribution in [3.8, 4) is 0 Å². The fourth-order valence-corrected chi connectivity index (χ4v) is 11.4. The quantitative estimate of drug-likeness (QED) is 0.0195. The van der Waals surface area contributed by atoms with E-state index in [1.54, 1.807) is 0 Å². The van der Waals surface area contributed by atoms with E-state index in [4.69, 9.17) is 18.5 Å². The number of phosphoric ester groups is 1. The molecule has 0 aliphatic carbocycles. The van der Waals surface area contributed by atoms with Crippen molar-refractivity contribution < 1.29 is 42.1 Å². The second-order valence-electron chi connectivity index (χ2n) is 26.6. The van der Waals surface area contributed by atoms with Crippen LogP contribution in [0.3, 0.4) is 0 Å². The Morgan fingerprint density at radius 2 is 0.620 bits per heavy atom. The molecule has 530 valence electrons. The Balaban J connectivity index is 4.08. The standard InChI is InChI=1S/C82H144NO8P/c1-6-8-10-12-14-16-18-20-22-24-26-28-30-32-34-36-38-40-41-43-45-47-49-51-53-55-57-59-61-63-65-67-69-71-73-75-82(85)91-80(79-90-92(86,87)89-77-76-83(3,4)5)78-88-81(84)74-72-70-68-66-64-62-60-58-56-54-52-50-48-46-44-42-39-37-35-33-31-29-27-25-23-21-19-17-15-13-11-9-7-2/h8,10,14,16,20,22,26,28,32,34,38,40,43,45,49,51,55,57,61,63,80H,6-7,9,11-13,15,17-19,21,23-25,27,29-31,33,35-37,39,41-42,44,46-48,50,52-54,56,58-60,62,64-79H2,1-5H3/b10-8-,16-14-,22-20-,28-26-,34-32-,40-38-,45-43-,51-49-,57-55-,63-61-. The molecule has 0 aliphatic heterocycles. The Hall–Kier alpha value is -3.59. The van der Waals surface area contributed by atoms with Crippen molar-refractivity contribution >= 4 is 19.8 Å². The van der Waals surface area contributed by atoms with Crippen LogP contribution in [0.5, 0.6) is 0 Å². The summed E-state index contributed by atoms with van der Waals surface area (Å²) in [6.45, 7) is 4.13. The third-order valence-electron chi connectivity index (χ3n) is 16.5. The number of phosphoric acid groups is 1. The highest BCUT2D eigenvalue weighted by Gasteiger charge is 2.22. The topological polar surface area (TPSA) is 111 Å². The fraction of sp³-hybridized carbons (Fsp3) is 0.732. The Morgan fingerprint density at radius 3 is 0.924 bits per heavy atom. The Labute approximate surface area is 568 Å². The first-order valence-electron chi connectivity index (χ1n) is 38.2. The number of hydrogen-bond donors (Lipinski definition) is 0. The van der Waals surface area contributed by atoms with E-state index in [1.165, 1.54) is 193 Å². The second kappa shape index (κ2) is 71.7. The lowest BCUT2D eigenvalue weighted by Crippen LogP contribution is -2.37. The largest absolute Gasteiger partial charge is 0.756 e. The zero-order chi connectivity index (χ0) is 66.9. The molecule has 0 heterocycles. The van der Waals surface area contributed by atoms with Crippen LogP contribution in [0.4, 0.5) is 0 Å². The van der Waals surface area contributed by atoms with Gasteiger partial charge in [-0.25, -0.2) is 0 Å². The number of quaternary nitrogens is 1. The molecule has 2 unspecified atom stereocenters. The van der Waals surface area contributed by atoms with Crippen molar-refractivity contribution in [1.29, 1.82) is 0 Å². The van der Waals surface area contributed by atoms with Crippen LogP contribution in [0.25, 0.3) is 0 Å². The maximum absolute atomic E-state index is 12.9. The lowest BCUT2D eigenvalue weighted by atomic mass is 10.0. The monoisotopic (exact) mass is 1300 g/mol. The van der Waals surface area contributed by atoms with Gasteiger partial charge in [-0.2, -0.15) is 0 Å². The zero-order valence-electron chi connectivity index (χ0n) is 60.5. The summed E-state index contributed by atoms with van der Waals surface area (Å²) in [5, 5.41) is 0. The number of esters is 2. The van der Waals surface area contributed by atoms with Gasteiger partial charge in [0.05, 0.1) is 27.7 Å². The molecular formula is C82H144NO8P. The predicted molar refractivity (Wildman–Crippen MR) is 397 cm³/mol. The summed E-state index contributed by atoms with van der Waals surface area (Å²) < 4.78 is 34.3. The minimum absolute atomic E-state index is 0.0408. The molecule has 10 heteroatoms. The summed E-state index contributed by atoms with van der Waals surface area (Å²) in [6, 6.07) is 0. The fourth-order valence-electron chi connectivity index (χ4n) is 10.7. The minimum atomic E-state index is -4.66. The van der Waals surface area contributed by atoms with Gasteiger partial charge in [0.1, 0.15) is 19.8 Å². The molecular weight excluding hydrogens is 1160 g/mol. The number of nitrogens with zero attached hydrogens (tertiary/aromatic N) is 1. The van der Waals surface area contributed by atoms with E-state index in [1.807, 2.05) is 21.1 Å². The number of carbonyl (C=O) groups is 2. The summed E-state index contributed by atoms with van der Waals surface area (Å²) in [6.07, 6.45) is 103. The molecule has 2 atom stereocenters. The highest BCUT2D eigenvalue weighted by atomic mass is 31.2. The molecule has 0 bridgehead atoms. The molecule has 0 saturated carbocycles. The van der Waals surface area contributed by atoms with E-state index < -0.39 is 26.5 Å².